The minimum Gasteiger partial charge on any atom is -0.294 e. The number of hydrazine groups is 1. The molecular formula is C20H22N2O3. The molecule has 2 rings (SSSR count). The van der Waals surface area contributed by atoms with Gasteiger partial charge in [-0.1, -0.05) is 29.8 Å². The number of carbonyl (C=O) groups excluding carboxylic acids is 3. The Hall–Kier alpha value is -2.95. The molecule has 2 N–H and O–H groups in total. The predicted octanol–water partition coefficient (Wildman–Crippen LogP) is 3.04. The minimum atomic E-state index is -0.405. The summed E-state index contributed by atoms with van der Waals surface area (Å²) in [6.07, 6.45) is 0.106. The van der Waals surface area contributed by atoms with E-state index in [-0.39, 0.29) is 18.6 Å². The Labute approximate surface area is 147 Å². The molecule has 0 aliphatic heterocycles. The number of benzene rings is 2. The first-order chi connectivity index (χ1) is 11.9. The molecule has 130 valence electrons. The van der Waals surface area contributed by atoms with E-state index >= 15 is 0 Å². The number of rotatable bonds is 5. The van der Waals surface area contributed by atoms with Crippen molar-refractivity contribution in [3.05, 3.63) is 70.3 Å². The second-order valence-corrected chi connectivity index (χ2v) is 6.09. The van der Waals surface area contributed by atoms with Gasteiger partial charge in [0.15, 0.2) is 5.78 Å². The number of ketones is 1. The van der Waals surface area contributed by atoms with Crippen molar-refractivity contribution in [3.8, 4) is 0 Å². The average Bonchev–Trinajstić information content (AvgIpc) is 2.60. The lowest BCUT2D eigenvalue weighted by molar-refractivity contribution is -0.121. The maximum Gasteiger partial charge on any atom is 0.269 e. The Bertz CT molecular complexity index is 795. The Morgan fingerprint density at radius 3 is 2.04 bits per heavy atom. The molecule has 0 bridgehead atoms. The van der Waals surface area contributed by atoms with E-state index in [2.05, 4.69) is 10.9 Å². The molecule has 0 saturated carbocycles. The molecule has 0 aliphatic carbocycles. The smallest absolute Gasteiger partial charge is 0.269 e. The van der Waals surface area contributed by atoms with Gasteiger partial charge in [-0.05, 0) is 50.1 Å². The van der Waals surface area contributed by atoms with E-state index in [1.165, 1.54) is 0 Å². The van der Waals surface area contributed by atoms with E-state index in [4.69, 9.17) is 0 Å². The fourth-order valence-corrected chi connectivity index (χ4v) is 2.25. The van der Waals surface area contributed by atoms with Crippen LogP contribution in [0.2, 0.25) is 0 Å². The van der Waals surface area contributed by atoms with Crippen molar-refractivity contribution in [1.29, 1.82) is 0 Å². The van der Waals surface area contributed by atoms with Gasteiger partial charge in [-0.15, -0.1) is 0 Å². The minimum absolute atomic E-state index is 0.0138. The van der Waals surface area contributed by atoms with Gasteiger partial charge in [0.25, 0.3) is 5.91 Å². The standard InChI is InChI=1S/C20H22N2O3/c1-13-4-7-16(8-5-13)20(25)22-21-19(24)11-10-18(23)17-9-6-14(2)15(3)12-17/h4-9,12H,10-11H2,1-3H3,(H,21,24)(H,22,25). The van der Waals surface area contributed by atoms with Crippen LogP contribution in [-0.4, -0.2) is 17.6 Å². The topological polar surface area (TPSA) is 75.3 Å². The fraction of sp³-hybridized carbons (Fsp3) is 0.250. The maximum absolute atomic E-state index is 12.1. The van der Waals surface area contributed by atoms with Crippen molar-refractivity contribution in [1.82, 2.24) is 10.9 Å². The zero-order valence-electron chi connectivity index (χ0n) is 14.7. The van der Waals surface area contributed by atoms with Gasteiger partial charge >= 0.3 is 0 Å². The van der Waals surface area contributed by atoms with Crippen LogP contribution in [0.3, 0.4) is 0 Å². The average molecular weight is 338 g/mol. The van der Waals surface area contributed by atoms with Crippen LogP contribution in [0, 0.1) is 20.8 Å². The van der Waals surface area contributed by atoms with Gasteiger partial charge in [0.1, 0.15) is 0 Å². The third-order valence-corrected chi connectivity index (χ3v) is 4.04. The van der Waals surface area contributed by atoms with Crippen molar-refractivity contribution < 1.29 is 14.4 Å². The first-order valence-corrected chi connectivity index (χ1v) is 8.13. The Kier molecular flexibility index (Phi) is 6.06. The summed E-state index contributed by atoms with van der Waals surface area (Å²) in [5.41, 5.74) is 8.94. The molecule has 5 heteroatoms. The summed E-state index contributed by atoms with van der Waals surface area (Å²) in [6, 6.07) is 12.5. The van der Waals surface area contributed by atoms with Crippen LogP contribution in [0.4, 0.5) is 0 Å². The van der Waals surface area contributed by atoms with Crippen molar-refractivity contribution in [3.63, 3.8) is 0 Å². The van der Waals surface area contributed by atoms with E-state index in [1.54, 1.807) is 18.2 Å². The molecule has 0 spiro atoms. The highest BCUT2D eigenvalue weighted by atomic mass is 16.2. The molecule has 0 aromatic heterocycles. The fourth-order valence-electron chi connectivity index (χ4n) is 2.25. The van der Waals surface area contributed by atoms with Gasteiger partial charge in [-0.3, -0.25) is 25.2 Å². The van der Waals surface area contributed by atoms with Crippen LogP contribution in [0.5, 0.6) is 0 Å². The molecule has 0 unspecified atom stereocenters. The Balaban J connectivity index is 1.80. The van der Waals surface area contributed by atoms with Gasteiger partial charge in [0.2, 0.25) is 5.91 Å². The molecule has 0 heterocycles. The molecule has 2 aromatic rings. The number of hydrogen-bond acceptors (Lipinski definition) is 3. The van der Waals surface area contributed by atoms with Crippen molar-refractivity contribution in [2.24, 2.45) is 0 Å². The molecule has 5 nitrogen and oxygen atoms in total. The molecule has 0 fully saturated rings. The predicted molar refractivity (Wildman–Crippen MR) is 96.3 cm³/mol. The number of carbonyl (C=O) groups is 3. The van der Waals surface area contributed by atoms with Gasteiger partial charge in [0.05, 0.1) is 0 Å². The van der Waals surface area contributed by atoms with E-state index in [0.29, 0.717) is 11.1 Å². The summed E-state index contributed by atoms with van der Waals surface area (Å²) in [5, 5.41) is 0. The highest BCUT2D eigenvalue weighted by Gasteiger charge is 2.11. The van der Waals surface area contributed by atoms with Crippen LogP contribution in [0.15, 0.2) is 42.5 Å². The zero-order chi connectivity index (χ0) is 18.4. The van der Waals surface area contributed by atoms with E-state index in [9.17, 15) is 14.4 Å². The SMILES string of the molecule is Cc1ccc(C(=O)NNC(=O)CCC(=O)c2ccc(C)c(C)c2)cc1. The van der Waals surface area contributed by atoms with Crippen LogP contribution < -0.4 is 10.9 Å². The van der Waals surface area contributed by atoms with Crippen LogP contribution in [0.25, 0.3) is 0 Å². The molecule has 2 amide bonds. The van der Waals surface area contributed by atoms with Crippen molar-refractivity contribution in [2.45, 2.75) is 33.6 Å². The molecule has 0 radical (unpaired) electrons. The summed E-state index contributed by atoms with van der Waals surface area (Å²) < 4.78 is 0. The molecule has 0 aliphatic rings. The van der Waals surface area contributed by atoms with Gasteiger partial charge in [0, 0.05) is 24.0 Å². The Morgan fingerprint density at radius 1 is 0.760 bits per heavy atom. The molecule has 0 atom stereocenters. The summed E-state index contributed by atoms with van der Waals surface area (Å²) in [7, 11) is 0. The monoisotopic (exact) mass is 338 g/mol. The van der Waals surface area contributed by atoms with Gasteiger partial charge in [-0.2, -0.15) is 0 Å². The van der Waals surface area contributed by atoms with Gasteiger partial charge < -0.3 is 0 Å². The maximum atomic E-state index is 12.1. The lowest BCUT2D eigenvalue weighted by Gasteiger charge is -2.08. The summed E-state index contributed by atoms with van der Waals surface area (Å²) >= 11 is 0. The normalized spacial score (nSPS) is 10.2. The second-order valence-electron chi connectivity index (χ2n) is 6.09. The first kappa shape index (κ1) is 18.4. The number of nitrogens with one attached hydrogen (secondary N) is 2. The lowest BCUT2D eigenvalue weighted by Crippen LogP contribution is -2.41. The molecule has 25 heavy (non-hydrogen) atoms. The quantitative estimate of drug-likeness (QED) is 0.650. The third kappa shape index (κ3) is 5.28. The number of hydrogen-bond donors (Lipinski definition) is 2. The molecule has 2 aromatic carbocycles. The zero-order valence-corrected chi connectivity index (χ0v) is 14.7. The van der Waals surface area contributed by atoms with Crippen molar-refractivity contribution in [2.75, 3.05) is 0 Å². The number of amides is 2. The van der Waals surface area contributed by atoms with E-state index < -0.39 is 11.8 Å². The highest BCUT2D eigenvalue weighted by molar-refractivity contribution is 5.99. The lowest BCUT2D eigenvalue weighted by atomic mass is 10.0. The summed E-state index contributed by atoms with van der Waals surface area (Å²) in [4.78, 5) is 35.8. The van der Waals surface area contributed by atoms with E-state index in [0.717, 1.165) is 16.7 Å². The second kappa shape index (κ2) is 8.24. The summed E-state index contributed by atoms with van der Waals surface area (Å²) in [6.45, 7) is 5.85. The number of aryl methyl sites for hydroxylation is 3. The van der Waals surface area contributed by atoms with Crippen LogP contribution in [0.1, 0.15) is 50.2 Å². The Morgan fingerprint density at radius 2 is 1.40 bits per heavy atom. The first-order valence-electron chi connectivity index (χ1n) is 8.13. The molecule has 0 saturated heterocycles. The summed E-state index contributed by atoms with van der Waals surface area (Å²) in [5.74, 6) is -0.894. The number of Topliss-reactive ketones (excluding diaryl/α,β-unsaturated/α-hetero) is 1. The third-order valence-electron chi connectivity index (χ3n) is 4.04. The molecular weight excluding hydrogens is 316 g/mol. The van der Waals surface area contributed by atoms with E-state index in [1.807, 2.05) is 45.0 Å². The van der Waals surface area contributed by atoms with Gasteiger partial charge in [-0.25, -0.2) is 0 Å². The van der Waals surface area contributed by atoms with Crippen LogP contribution >= 0.6 is 0 Å². The van der Waals surface area contributed by atoms with Crippen molar-refractivity contribution >= 4 is 17.6 Å². The highest BCUT2D eigenvalue weighted by Crippen LogP contribution is 2.12. The van der Waals surface area contributed by atoms with Crippen LogP contribution in [-0.2, 0) is 4.79 Å². The largest absolute Gasteiger partial charge is 0.294 e.